The van der Waals surface area contributed by atoms with E-state index in [1.54, 1.807) is 24.3 Å². The van der Waals surface area contributed by atoms with Gasteiger partial charge in [-0.25, -0.2) is 22.5 Å². The van der Waals surface area contributed by atoms with Crippen molar-refractivity contribution in [3.8, 4) is 11.6 Å². The Morgan fingerprint density at radius 1 is 1.27 bits per heavy atom. The van der Waals surface area contributed by atoms with Gasteiger partial charge in [0.15, 0.2) is 5.82 Å². The molecule has 3 aromatic rings. The average molecular weight is 397 g/mol. The molecule has 0 saturated carbocycles. The lowest BCUT2D eigenvalue weighted by molar-refractivity contribution is 0.415. The molecule has 7 nitrogen and oxygen atoms in total. The first kappa shape index (κ1) is 18.2. The quantitative estimate of drug-likeness (QED) is 0.691. The Morgan fingerprint density at radius 2 is 2.00 bits per heavy atom. The fourth-order valence-corrected chi connectivity index (χ4v) is 3.41. The summed E-state index contributed by atoms with van der Waals surface area (Å²) in [7, 11) is -2.33. The maximum atomic E-state index is 12.6. The van der Waals surface area contributed by atoms with Crippen LogP contribution in [-0.2, 0) is 16.7 Å². The number of ether oxygens (including phenoxy) is 1. The van der Waals surface area contributed by atoms with Crippen LogP contribution >= 0.6 is 11.6 Å². The fourth-order valence-electron chi connectivity index (χ4n) is 2.15. The standard InChI is InChI=1S/C16H14ClFN4O3S/c1-25-13-4-2-12(3-5-13)21-26(23,24)14-9-20-22(10-14)16-15(17)6-11(7-18)8-19-16/h2-6,8-10,21H,7H2,1H3. The minimum Gasteiger partial charge on any atom is -0.497 e. The molecule has 0 unspecified atom stereocenters. The van der Waals surface area contributed by atoms with E-state index in [-0.39, 0.29) is 15.7 Å². The second-order valence-electron chi connectivity index (χ2n) is 5.24. The van der Waals surface area contributed by atoms with Crippen molar-refractivity contribution in [2.75, 3.05) is 11.8 Å². The molecule has 0 bridgehead atoms. The van der Waals surface area contributed by atoms with Crippen molar-refractivity contribution < 1.29 is 17.5 Å². The summed E-state index contributed by atoms with van der Waals surface area (Å²) >= 11 is 6.06. The van der Waals surface area contributed by atoms with E-state index < -0.39 is 16.7 Å². The molecule has 0 radical (unpaired) electrons. The lowest BCUT2D eigenvalue weighted by atomic mass is 10.3. The molecule has 3 rings (SSSR count). The second kappa shape index (κ2) is 7.30. The first-order valence-electron chi connectivity index (χ1n) is 7.35. The zero-order chi connectivity index (χ0) is 18.7. The van der Waals surface area contributed by atoms with Crippen LogP contribution in [0.3, 0.4) is 0 Å². The highest BCUT2D eigenvalue weighted by Gasteiger charge is 2.18. The van der Waals surface area contributed by atoms with Crippen LogP contribution in [0.15, 0.2) is 53.8 Å². The van der Waals surface area contributed by atoms with Gasteiger partial charge in [0, 0.05) is 17.4 Å². The molecule has 0 atom stereocenters. The van der Waals surface area contributed by atoms with Gasteiger partial charge in [0.2, 0.25) is 0 Å². The lowest BCUT2D eigenvalue weighted by Crippen LogP contribution is -2.12. The number of rotatable bonds is 6. The Morgan fingerprint density at radius 3 is 2.62 bits per heavy atom. The minimum absolute atomic E-state index is 0.0687. The van der Waals surface area contributed by atoms with E-state index in [9.17, 15) is 12.8 Å². The first-order chi connectivity index (χ1) is 12.4. The fraction of sp³-hybridized carbons (Fsp3) is 0.125. The number of aromatic nitrogens is 3. The van der Waals surface area contributed by atoms with Crippen molar-refractivity contribution in [2.24, 2.45) is 0 Å². The number of nitrogens with zero attached hydrogens (tertiary/aromatic N) is 3. The van der Waals surface area contributed by atoms with E-state index in [4.69, 9.17) is 16.3 Å². The number of benzene rings is 1. The van der Waals surface area contributed by atoms with Crippen molar-refractivity contribution in [3.05, 3.63) is 59.5 Å². The van der Waals surface area contributed by atoms with Crippen LogP contribution in [0, 0.1) is 0 Å². The SMILES string of the molecule is COc1ccc(NS(=O)(=O)c2cnn(-c3ncc(CF)cc3Cl)c2)cc1. The van der Waals surface area contributed by atoms with Crippen LogP contribution in [-0.4, -0.2) is 30.3 Å². The molecular weight excluding hydrogens is 383 g/mol. The number of halogens is 2. The van der Waals surface area contributed by atoms with Crippen molar-refractivity contribution in [2.45, 2.75) is 11.6 Å². The van der Waals surface area contributed by atoms with Gasteiger partial charge in [-0.1, -0.05) is 11.6 Å². The first-order valence-corrected chi connectivity index (χ1v) is 9.21. The molecule has 0 aliphatic carbocycles. The van der Waals surface area contributed by atoms with Gasteiger partial charge in [-0.2, -0.15) is 5.10 Å². The van der Waals surface area contributed by atoms with Gasteiger partial charge in [0.25, 0.3) is 10.0 Å². The summed E-state index contributed by atoms with van der Waals surface area (Å²) in [6.45, 7) is -0.697. The topological polar surface area (TPSA) is 86.1 Å². The number of anilines is 1. The predicted molar refractivity (Wildman–Crippen MR) is 95.0 cm³/mol. The van der Waals surface area contributed by atoms with E-state index in [1.165, 1.54) is 36.4 Å². The molecule has 2 aromatic heterocycles. The molecule has 0 aliphatic heterocycles. The zero-order valence-corrected chi connectivity index (χ0v) is 15.1. The molecule has 1 N–H and O–H groups in total. The van der Waals surface area contributed by atoms with Crippen molar-refractivity contribution >= 4 is 27.3 Å². The summed E-state index contributed by atoms with van der Waals surface area (Å²) in [5, 5.41) is 4.14. The van der Waals surface area contributed by atoms with Gasteiger partial charge in [-0.05, 0) is 30.3 Å². The Bertz CT molecular complexity index is 1020. The van der Waals surface area contributed by atoms with Crippen LogP contribution < -0.4 is 9.46 Å². The van der Waals surface area contributed by atoms with Crippen molar-refractivity contribution in [1.82, 2.24) is 14.8 Å². The van der Waals surface area contributed by atoms with Gasteiger partial charge in [0.05, 0.1) is 24.5 Å². The Hall–Kier alpha value is -2.65. The number of nitrogens with one attached hydrogen (secondary N) is 1. The molecule has 1 aromatic carbocycles. The molecule has 2 heterocycles. The Balaban J connectivity index is 1.85. The molecule has 10 heteroatoms. The summed E-state index contributed by atoms with van der Waals surface area (Å²) in [5.41, 5.74) is 0.696. The van der Waals surface area contributed by atoms with E-state index in [2.05, 4.69) is 14.8 Å². The van der Waals surface area contributed by atoms with Crippen molar-refractivity contribution in [3.63, 3.8) is 0 Å². The van der Waals surface area contributed by atoms with Gasteiger partial charge >= 0.3 is 0 Å². The van der Waals surface area contributed by atoms with Crippen molar-refractivity contribution in [1.29, 1.82) is 0 Å². The molecule has 0 amide bonds. The van der Waals surface area contributed by atoms with E-state index in [0.717, 1.165) is 0 Å². The summed E-state index contributed by atoms with van der Waals surface area (Å²) in [4.78, 5) is 3.95. The van der Waals surface area contributed by atoms with Crippen LogP contribution in [0.1, 0.15) is 5.56 Å². The molecule has 0 fully saturated rings. The smallest absolute Gasteiger partial charge is 0.265 e. The highest BCUT2D eigenvalue weighted by atomic mass is 35.5. The molecule has 26 heavy (non-hydrogen) atoms. The summed E-state index contributed by atoms with van der Waals surface area (Å²) in [6.07, 6.45) is 3.76. The van der Waals surface area contributed by atoms with Crippen LogP contribution in [0.25, 0.3) is 5.82 Å². The third-order valence-corrected chi connectivity index (χ3v) is 5.08. The summed E-state index contributed by atoms with van der Waals surface area (Å²) < 4.78 is 46.3. The molecule has 0 spiro atoms. The van der Waals surface area contributed by atoms with E-state index in [0.29, 0.717) is 17.0 Å². The van der Waals surface area contributed by atoms with Gasteiger partial charge in [0.1, 0.15) is 17.3 Å². The molecule has 0 aliphatic rings. The normalized spacial score (nSPS) is 11.3. The third kappa shape index (κ3) is 3.78. The lowest BCUT2D eigenvalue weighted by Gasteiger charge is -2.07. The number of hydrogen-bond donors (Lipinski definition) is 1. The van der Waals surface area contributed by atoms with E-state index in [1.807, 2.05) is 0 Å². The monoisotopic (exact) mass is 396 g/mol. The van der Waals surface area contributed by atoms with Gasteiger partial charge in [-0.3, -0.25) is 4.72 Å². The number of alkyl halides is 1. The minimum atomic E-state index is -3.85. The van der Waals surface area contributed by atoms with Gasteiger partial charge < -0.3 is 4.74 Å². The molecule has 136 valence electrons. The summed E-state index contributed by atoms with van der Waals surface area (Å²) in [6, 6.07) is 7.84. The third-order valence-electron chi connectivity index (χ3n) is 3.46. The largest absolute Gasteiger partial charge is 0.497 e. The maximum Gasteiger partial charge on any atom is 0.265 e. The second-order valence-corrected chi connectivity index (χ2v) is 7.33. The number of sulfonamides is 1. The number of pyridine rings is 1. The Labute approximate surface area is 154 Å². The van der Waals surface area contributed by atoms with E-state index >= 15 is 0 Å². The maximum absolute atomic E-state index is 12.6. The number of hydrogen-bond acceptors (Lipinski definition) is 5. The summed E-state index contributed by atoms with van der Waals surface area (Å²) in [5.74, 6) is 0.813. The highest BCUT2D eigenvalue weighted by Crippen LogP contribution is 2.22. The highest BCUT2D eigenvalue weighted by molar-refractivity contribution is 7.92. The van der Waals surface area contributed by atoms with Crippen LogP contribution in [0.5, 0.6) is 5.75 Å². The Kier molecular flexibility index (Phi) is 5.10. The molecular formula is C16H14ClFN4O3S. The van der Waals surface area contributed by atoms with Gasteiger partial charge in [-0.15, -0.1) is 0 Å². The van der Waals surface area contributed by atoms with Crippen LogP contribution in [0.4, 0.5) is 10.1 Å². The van der Waals surface area contributed by atoms with Crippen LogP contribution in [0.2, 0.25) is 5.02 Å². The average Bonchev–Trinajstić information content (AvgIpc) is 3.12. The molecule has 0 saturated heterocycles. The zero-order valence-electron chi connectivity index (χ0n) is 13.6. The predicted octanol–water partition coefficient (Wildman–Crippen LogP) is 3.20. The number of methoxy groups -OCH3 is 1.